The lowest BCUT2D eigenvalue weighted by Crippen LogP contribution is -2.32. The smallest absolute Gasteiger partial charge is 0.132 e. The predicted octanol–water partition coefficient (Wildman–Crippen LogP) is 12.1. The highest BCUT2D eigenvalue weighted by atomic mass is 16.5. The third kappa shape index (κ3) is 3.55. The summed E-state index contributed by atoms with van der Waals surface area (Å²) in [5.41, 5.74) is 13.0. The zero-order valence-electron chi connectivity index (χ0n) is 26.6. The van der Waals surface area contributed by atoms with Crippen LogP contribution >= 0.6 is 0 Å². The molecule has 1 spiro atoms. The van der Waals surface area contributed by atoms with E-state index >= 15 is 0 Å². The van der Waals surface area contributed by atoms with Gasteiger partial charge >= 0.3 is 0 Å². The van der Waals surface area contributed by atoms with Gasteiger partial charge in [0.15, 0.2) is 0 Å². The number of hydrogen-bond acceptors (Lipinski definition) is 1. The van der Waals surface area contributed by atoms with E-state index < -0.39 is 5.41 Å². The molecule has 2 aliphatic rings. The van der Waals surface area contributed by atoms with Gasteiger partial charge in [-0.1, -0.05) is 133 Å². The molecule has 2 nitrogen and oxygen atoms in total. The molecule has 1 aliphatic carbocycles. The maximum Gasteiger partial charge on any atom is 0.132 e. The van der Waals surface area contributed by atoms with E-state index in [0.29, 0.717) is 0 Å². The van der Waals surface area contributed by atoms with Crippen molar-refractivity contribution in [1.82, 2.24) is 4.57 Å². The van der Waals surface area contributed by atoms with E-state index in [4.69, 9.17) is 4.74 Å². The standard InChI is InChI=1S/C47H29NO/c1-2-12-31-27-34(24-21-30(31)11-1)48-43-19-9-5-15-37(43)38-28-32(23-26-44(38)48)33-22-25-42-46(29-33)49-45-20-10-8-18-41(45)47(42)39-16-6-3-13-35(39)36-14-4-7-17-40(36)47/h1-29H. The Labute approximate surface area is 284 Å². The SMILES string of the molecule is c1ccc2c(c1)Oc1cc(-c3ccc4c(c3)c3ccccc3n4-c3ccc4ccccc4c3)ccc1C21c2ccccc2-c2ccccc21. The van der Waals surface area contributed by atoms with E-state index in [0.717, 1.165) is 17.1 Å². The van der Waals surface area contributed by atoms with Gasteiger partial charge in [0.2, 0.25) is 0 Å². The van der Waals surface area contributed by atoms with Crippen molar-refractivity contribution in [2.75, 3.05) is 0 Å². The average molecular weight is 624 g/mol. The third-order valence-electron chi connectivity index (χ3n) is 10.8. The Kier molecular flexibility index (Phi) is 5.34. The minimum atomic E-state index is -0.451. The van der Waals surface area contributed by atoms with Crippen LogP contribution in [0.15, 0.2) is 176 Å². The highest BCUT2D eigenvalue weighted by Crippen LogP contribution is 2.62. The van der Waals surface area contributed by atoms with Crippen LogP contribution in [0.25, 0.3) is 60.5 Å². The molecule has 0 radical (unpaired) electrons. The number of aromatic nitrogens is 1. The van der Waals surface area contributed by atoms with Crippen molar-refractivity contribution in [3.05, 3.63) is 198 Å². The van der Waals surface area contributed by atoms with E-state index in [1.54, 1.807) is 0 Å². The number of para-hydroxylation sites is 2. The molecule has 0 amide bonds. The highest BCUT2D eigenvalue weighted by molar-refractivity contribution is 6.10. The van der Waals surface area contributed by atoms with Gasteiger partial charge in [0.05, 0.1) is 16.4 Å². The van der Waals surface area contributed by atoms with E-state index in [-0.39, 0.29) is 0 Å². The van der Waals surface area contributed by atoms with Crippen molar-refractivity contribution in [3.63, 3.8) is 0 Å². The van der Waals surface area contributed by atoms with Crippen LogP contribution in [0.2, 0.25) is 0 Å². The molecule has 0 N–H and O–H groups in total. The number of fused-ring (bicyclic) bond motifs is 13. The number of hydrogen-bond donors (Lipinski definition) is 0. The largest absolute Gasteiger partial charge is 0.457 e. The van der Waals surface area contributed by atoms with Gasteiger partial charge in [0.1, 0.15) is 11.5 Å². The molecule has 0 saturated heterocycles. The van der Waals surface area contributed by atoms with Crippen LogP contribution in [0.3, 0.4) is 0 Å². The molecule has 0 atom stereocenters. The summed E-state index contributed by atoms with van der Waals surface area (Å²) in [5.74, 6) is 1.81. The molecular formula is C47H29NO. The molecule has 8 aromatic carbocycles. The molecule has 0 unspecified atom stereocenters. The van der Waals surface area contributed by atoms with E-state index in [1.165, 1.54) is 77.2 Å². The zero-order valence-corrected chi connectivity index (χ0v) is 26.6. The molecule has 1 aliphatic heterocycles. The molecular weight excluding hydrogens is 595 g/mol. The van der Waals surface area contributed by atoms with Gasteiger partial charge in [0.25, 0.3) is 0 Å². The van der Waals surface area contributed by atoms with Gasteiger partial charge in [0, 0.05) is 27.6 Å². The van der Waals surface area contributed by atoms with Gasteiger partial charge in [-0.15, -0.1) is 0 Å². The van der Waals surface area contributed by atoms with Crippen LogP contribution in [-0.4, -0.2) is 4.57 Å². The second kappa shape index (κ2) is 9.82. The predicted molar refractivity (Wildman–Crippen MR) is 201 cm³/mol. The first-order valence-corrected chi connectivity index (χ1v) is 16.9. The number of rotatable bonds is 2. The third-order valence-corrected chi connectivity index (χ3v) is 10.8. The van der Waals surface area contributed by atoms with Crippen molar-refractivity contribution in [1.29, 1.82) is 0 Å². The van der Waals surface area contributed by atoms with E-state index in [9.17, 15) is 0 Å². The van der Waals surface area contributed by atoms with Gasteiger partial charge in [-0.05, 0) is 86.6 Å². The van der Waals surface area contributed by atoms with Crippen molar-refractivity contribution >= 4 is 32.6 Å². The summed E-state index contributed by atoms with van der Waals surface area (Å²) in [7, 11) is 0. The van der Waals surface area contributed by atoms with Crippen LogP contribution in [0.4, 0.5) is 0 Å². The number of nitrogens with zero attached hydrogens (tertiary/aromatic N) is 1. The fourth-order valence-electron chi connectivity index (χ4n) is 8.79. The first kappa shape index (κ1) is 26.7. The summed E-state index contributed by atoms with van der Waals surface area (Å²) in [4.78, 5) is 0. The molecule has 2 heterocycles. The second-order valence-electron chi connectivity index (χ2n) is 13.3. The van der Waals surface area contributed by atoms with Crippen LogP contribution < -0.4 is 4.74 Å². The molecule has 0 fully saturated rings. The molecule has 49 heavy (non-hydrogen) atoms. The van der Waals surface area contributed by atoms with Crippen molar-refractivity contribution < 1.29 is 4.74 Å². The van der Waals surface area contributed by atoms with Crippen molar-refractivity contribution in [2.24, 2.45) is 0 Å². The Hall–Kier alpha value is -6.38. The monoisotopic (exact) mass is 623 g/mol. The number of ether oxygens (including phenoxy) is 1. The van der Waals surface area contributed by atoms with Crippen LogP contribution in [-0.2, 0) is 5.41 Å². The molecule has 1 aromatic heterocycles. The summed E-state index contributed by atoms with van der Waals surface area (Å²) in [6, 6.07) is 64.1. The maximum atomic E-state index is 6.81. The van der Waals surface area contributed by atoms with Crippen molar-refractivity contribution in [2.45, 2.75) is 5.41 Å². The lowest BCUT2D eigenvalue weighted by atomic mass is 9.66. The van der Waals surface area contributed by atoms with E-state index in [1.807, 2.05) is 0 Å². The molecule has 0 bridgehead atoms. The van der Waals surface area contributed by atoms with Crippen molar-refractivity contribution in [3.8, 4) is 39.4 Å². The summed E-state index contributed by atoms with van der Waals surface area (Å²) in [5, 5.41) is 4.97. The topological polar surface area (TPSA) is 14.2 Å². The van der Waals surface area contributed by atoms with Crippen LogP contribution in [0, 0.1) is 0 Å². The highest BCUT2D eigenvalue weighted by Gasteiger charge is 2.50. The van der Waals surface area contributed by atoms with Gasteiger partial charge < -0.3 is 9.30 Å². The Morgan fingerprint density at radius 3 is 1.84 bits per heavy atom. The Morgan fingerprint density at radius 2 is 1.00 bits per heavy atom. The zero-order chi connectivity index (χ0) is 32.1. The molecule has 228 valence electrons. The average Bonchev–Trinajstić information content (AvgIpc) is 3.65. The first-order chi connectivity index (χ1) is 24.3. The summed E-state index contributed by atoms with van der Waals surface area (Å²) >= 11 is 0. The minimum Gasteiger partial charge on any atom is -0.457 e. The van der Waals surface area contributed by atoms with Crippen LogP contribution in [0.5, 0.6) is 11.5 Å². The molecule has 0 saturated carbocycles. The Balaban J connectivity index is 1.11. The molecule has 11 rings (SSSR count). The van der Waals surface area contributed by atoms with Crippen LogP contribution in [0.1, 0.15) is 22.3 Å². The summed E-state index contributed by atoms with van der Waals surface area (Å²) in [6.07, 6.45) is 0. The minimum absolute atomic E-state index is 0.451. The molecule has 9 aromatic rings. The Bertz CT molecular complexity index is 2770. The molecule has 2 heteroatoms. The normalized spacial score (nSPS) is 13.6. The van der Waals surface area contributed by atoms with Gasteiger partial charge in [-0.25, -0.2) is 0 Å². The summed E-state index contributed by atoms with van der Waals surface area (Å²) < 4.78 is 9.20. The summed E-state index contributed by atoms with van der Waals surface area (Å²) in [6.45, 7) is 0. The van der Waals surface area contributed by atoms with Gasteiger partial charge in [-0.2, -0.15) is 0 Å². The number of benzene rings is 8. The quantitative estimate of drug-likeness (QED) is 0.187. The van der Waals surface area contributed by atoms with E-state index in [2.05, 4.69) is 180 Å². The second-order valence-corrected chi connectivity index (χ2v) is 13.3. The fraction of sp³-hybridized carbons (Fsp3) is 0.0213. The first-order valence-electron chi connectivity index (χ1n) is 16.9. The van der Waals surface area contributed by atoms with Gasteiger partial charge in [-0.3, -0.25) is 0 Å². The lowest BCUT2D eigenvalue weighted by molar-refractivity contribution is 0.436. The lowest BCUT2D eigenvalue weighted by Gasteiger charge is -2.39. The fourth-order valence-corrected chi connectivity index (χ4v) is 8.79. The Morgan fingerprint density at radius 1 is 0.388 bits per heavy atom. The maximum absolute atomic E-state index is 6.81.